The molecule has 3 rings (SSSR count). The van der Waals surface area contributed by atoms with Gasteiger partial charge in [0.2, 0.25) is 5.91 Å². The Kier molecular flexibility index (Phi) is 6.09. The number of anilines is 1. The Hall–Kier alpha value is -3.15. The number of esters is 1. The van der Waals surface area contributed by atoms with Crippen LogP contribution < -0.4 is 10.6 Å². The SMILES string of the molecule is CC(OC(=O)c1ccc(NC(=O)C2CC2)cc1)C(=O)NC(C)c1ccccc1. The van der Waals surface area contributed by atoms with E-state index in [1.54, 1.807) is 24.3 Å². The second-order valence-electron chi connectivity index (χ2n) is 7.03. The number of carbonyl (C=O) groups excluding carboxylic acids is 3. The van der Waals surface area contributed by atoms with Crippen LogP contribution in [0.3, 0.4) is 0 Å². The molecule has 2 N–H and O–H groups in total. The molecule has 0 bridgehead atoms. The summed E-state index contributed by atoms with van der Waals surface area (Å²) in [5, 5.41) is 5.65. The molecule has 0 aromatic heterocycles. The smallest absolute Gasteiger partial charge is 0.338 e. The van der Waals surface area contributed by atoms with Crippen molar-refractivity contribution in [1.82, 2.24) is 5.32 Å². The van der Waals surface area contributed by atoms with Crippen molar-refractivity contribution in [3.8, 4) is 0 Å². The second-order valence-corrected chi connectivity index (χ2v) is 7.03. The third-order valence-electron chi connectivity index (χ3n) is 4.65. The van der Waals surface area contributed by atoms with Gasteiger partial charge in [0.1, 0.15) is 0 Å². The lowest BCUT2D eigenvalue weighted by Gasteiger charge is -2.18. The lowest BCUT2D eigenvalue weighted by molar-refractivity contribution is -0.129. The molecule has 2 atom stereocenters. The Labute approximate surface area is 164 Å². The average molecular weight is 380 g/mol. The molecule has 2 aromatic carbocycles. The molecular weight excluding hydrogens is 356 g/mol. The van der Waals surface area contributed by atoms with Gasteiger partial charge in [-0.25, -0.2) is 4.79 Å². The summed E-state index contributed by atoms with van der Waals surface area (Å²) in [7, 11) is 0. The van der Waals surface area contributed by atoms with E-state index in [9.17, 15) is 14.4 Å². The van der Waals surface area contributed by atoms with Gasteiger partial charge in [0.15, 0.2) is 6.10 Å². The summed E-state index contributed by atoms with van der Waals surface area (Å²) in [6, 6.07) is 15.8. The molecule has 6 nitrogen and oxygen atoms in total. The zero-order valence-corrected chi connectivity index (χ0v) is 16.0. The van der Waals surface area contributed by atoms with E-state index in [1.165, 1.54) is 6.92 Å². The highest BCUT2D eigenvalue weighted by Gasteiger charge is 2.29. The highest BCUT2D eigenvalue weighted by atomic mass is 16.5. The summed E-state index contributed by atoms with van der Waals surface area (Å²) in [5.41, 5.74) is 1.93. The van der Waals surface area contributed by atoms with Crippen LogP contribution in [0.5, 0.6) is 0 Å². The van der Waals surface area contributed by atoms with Crippen LogP contribution in [0, 0.1) is 5.92 Å². The molecule has 28 heavy (non-hydrogen) atoms. The van der Waals surface area contributed by atoms with E-state index in [4.69, 9.17) is 4.74 Å². The molecule has 146 valence electrons. The molecule has 0 saturated heterocycles. The van der Waals surface area contributed by atoms with E-state index in [0.717, 1.165) is 18.4 Å². The third kappa shape index (κ3) is 5.19. The quantitative estimate of drug-likeness (QED) is 0.721. The fourth-order valence-corrected chi connectivity index (χ4v) is 2.72. The Morgan fingerprint density at radius 3 is 2.21 bits per heavy atom. The standard InChI is InChI=1S/C22H24N2O4/c1-14(16-6-4-3-5-7-16)23-20(25)15(2)28-22(27)18-10-12-19(13-11-18)24-21(26)17-8-9-17/h3-7,10-15,17H,8-9H2,1-2H3,(H,23,25)(H,24,26). The van der Waals surface area contributed by atoms with Gasteiger partial charge in [-0.1, -0.05) is 30.3 Å². The van der Waals surface area contributed by atoms with Crippen molar-refractivity contribution in [3.63, 3.8) is 0 Å². The summed E-state index contributed by atoms with van der Waals surface area (Å²) in [5.74, 6) is -0.830. The van der Waals surface area contributed by atoms with Gasteiger partial charge in [0.25, 0.3) is 5.91 Å². The molecule has 2 amide bonds. The van der Waals surface area contributed by atoms with Crippen LogP contribution in [0.4, 0.5) is 5.69 Å². The maximum absolute atomic E-state index is 12.3. The summed E-state index contributed by atoms with van der Waals surface area (Å²) < 4.78 is 5.27. The van der Waals surface area contributed by atoms with Gasteiger partial charge in [-0.15, -0.1) is 0 Å². The Morgan fingerprint density at radius 1 is 0.964 bits per heavy atom. The minimum Gasteiger partial charge on any atom is -0.449 e. The van der Waals surface area contributed by atoms with E-state index in [1.807, 2.05) is 37.3 Å². The molecule has 0 spiro atoms. The van der Waals surface area contributed by atoms with Crippen LogP contribution in [0.2, 0.25) is 0 Å². The monoisotopic (exact) mass is 380 g/mol. The predicted molar refractivity (Wildman–Crippen MR) is 106 cm³/mol. The zero-order valence-electron chi connectivity index (χ0n) is 16.0. The molecular formula is C22H24N2O4. The van der Waals surface area contributed by atoms with Crippen molar-refractivity contribution in [2.45, 2.75) is 38.8 Å². The van der Waals surface area contributed by atoms with Crippen molar-refractivity contribution in [1.29, 1.82) is 0 Å². The van der Waals surface area contributed by atoms with Gasteiger partial charge < -0.3 is 15.4 Å². The van der Waals surface area contributed by atoms with Gasteiger partial charge >= 0.3 is 5.97 Å². The first kappa shape index (κ1) is 19.6. The first-order valence-corrected chi connectivity index (χ1v) is 9.41. The zero-order chi connectivity index (χ0) is 20.1. The van der Waals surface area contributed by atoms with Crippen molar-refractivity contribution in [2.24, 2.45) is 5.92 Å². The molecule has 1 fully saturated rings. The molecule has 0 heterocycles. The first-order chi connectivity index (χ1) is 13.4. The second kappa shape index (κ2) is 8.69. The minimum atomic E-state index is -0.923. The number of hydrogen-bond donors (Lipinski definition) is 2. The lowest BCUT2D eigenvalue weighted by atomic mass is 10.1. The molecule has 6 heteroatoms. The number of rotatable bonds is 7. The first-order valence-electron chi connectivity index (χ1n) is 9.41. The summed E-state index contributed by atoms with van der Waals surface area (Å²) in [6.45, 7) is 3.41. The van der Waals surface area contributed by atoms with Crippen molar-refractivity contribution in [3.05, 3.63) is 65.7 Å². The number of amides is 2. The van der Waals surface area contributed by atoms with E-state index in [2.05, 4.69) is 10.6 Å². The maximum Gasteiger partial charge on any atom is 0.338 e. The van der Waals surface area contributed by atoms with Crippen LogP contribution in [-0.2, 0) is 14.3 Å². The fourth-order valence-electron chi connectivity index (χ4n) is 2.72. The van der Waals surface area contributed by atoms with E-state index >= 15 is 0 Å². The van der Waals surface area contributed by atoms with Crippen LogP contribution >= 0.6 is 0 Å². The van der Waals surface area contributed by atoms with Gasteiger partial charge in [-0.2, -0.15) is 0 Å². The average Bonchev–Trinajstić information content (AvgIpc) is 3.54. The lowest BCUT2D eigenvalue weighted by Crippen LogP contribution is -2.37. The van der Waals surface area contributed by atoms with Gasteiger partial charge in [0.05, 0.1) is 11.6 Å². The highest BCUT2D eigenvalue weighted by Crippen LogP contribution is 2.30. The maximum atomic E-state index is 12.3. The number of carbonyl (C=O) groups is 3. The Morgan fingerprint density at radius 2 is 1.61 bits per heavy atom. The molecule has 1 aliphatic rings. The molecule has 0 aliphatic heterocycles. The molecule has 1 saturated carbocycles. The predicted octanol–water partition coefficient (Wildman–Crippen LogP) is 3.46. The van der Waals surface area contributed by atoms with E-state index in [0.29, 0.717) is 11.3 Å². The molecule has 2 aromatic rings. The van der Waals surface area contributed by atoms with Gasteiger partial charge in [-0.05, 0) is 56.5 Å². The summed E-state index contributed by atoms with van der Waals surface area (Å²) in [6.07, 6.45) is 0.936. The summed E-state index contributed by atoms with van der Waals surface area (Å²) in [4.78, 5) is 36.3. The number of benzene rings is 2. The van der Waals surface area contributed by atoms with Gasteiger partial charge in [0, 0.05) is 11.6 Å². The van der Waals surface area contributed by atoms with Crippen LogP contribution in [0.15, 0.2) is 54.6 Å². The number of nitrogens with one attached hydrogen (secondary N) is 2. The molecule has 2 unspecified atom stereocenters. The Balaban J connectivity index is 1.51. The third-order valence-corrected chi connectivity index (χ3v) is 4.65. The largest absolute Gasteiger partial charge is 0.449 e. The Bertz CT molecular complexity index is 845. The van der Waals surface area contributed by atoms with E-state index in [-0.39, 0.29) is 23.8 Å². The van der Waals surface area contributed by atoms with Crippen LogP contribution in [-0.4, -0.2) is 23.9 Å². The molecule has 0 radical (unpaired) electrons. The summed E-state index contributed by atoms with van der Waals surface area (Å²) >= 11 is 0. The topological polar surface area (TPSA) is 84.5 Å². The minimum absolute atomic E-state index is 0.00755. The van der Waals surface area contributed by atoms with Crippen molar-refractivity contribution in [2.75, 3.05) is 5.32 Å². The van der Waals surface area contributed by atoms with Gasteiger partial charge in [-0.3, -0.25) is 9.59 Å². The number of hydrogen-bond acceptors (Lipinski definition) is 4. The van der Waals surface area contributed by atoms with Crippen molar-refractivity contribution >= 4 is 23.5 Å². The number of ether oxygens (including phenoxy) is 1. The van der Waals surface area contributed by atoms with Crippen LogP contribution in [0.25, 0.3) is 0 Å². The van der Waals surface area contributed by atoms with Crippen LogP contribution in [0.1, 0.15) is 48.7 Å². The fraction of sp³-hybridized carbons (Fsp3) is 0.318. The van der Waals surface area contributed by atoms with E-state index < -0.39 is 12.1 Å². The highest BCUT2D eigenvalue weighted by molar-refractivity contribution is 5.95. The van der Waals surface area contributed by atoms with Crippen molar-refractivity contribution < 1.29 is 19.1 Å². The normalized spacial score (nSPS) is 15.2. The molecule has 1 aliphatic carbocycles.